The maximum Gasteiger partial charge on any atom is 0.277 e. The van der Waals surface area contributed by atoms with E-state index in [1.165, 1.54) is 0 Å². The first kappa shape index (κ1) is 7.64. The van der Waals surface area contributed by atoms with Crippen molar-refractivity contribution in [1.29, 1.82) is 0 Å². The number of H-pyrrole nitrogens is 1. The Kier molecular flexibility index (Phi) is 1.43. The lowest BCUT2D eigenvalue weighted by Gasteiger charge is -1.95. The molecule has 0 radical (unpaired) electrons. The number of aromatic amines is 1. The number of aromatic nitrogens is 3. The molecular weight excluding hydrogens is 198 g/mol. The first-order chi connectivity index (χ1) is 6.86. The number of nitrogens with one attached hydrogen (secondary N) is 1. The van der Waals surface area contributed by atoms with Crippen molar-refractivity contribution in [2.24, 2.45) is 0 Å². The summed E-state index contributed by atoms with van der Waals surface area (Å²) in [5.41, 5.74) is 1.74. The zero-order valence-electron chi connectivity index (χ0n) is 7.02. The van der Waals surface area contributed by atoms with Crippen LogP contribution in [-0.4, -0.2) is 13.7 Å². The topological polar surface area (TPSA) is 58.6 Å². The molecule has 5 heteroatoms. The Morgan fingerprint density at radius 2 is 1.93 bits per heavy atom. The van der Waals surface area contributed by atoms with E-state index >= 15 is 0 Å². The number of nitrogens with zero attached hydrogens (tertiary/aromatic N) is 2. The minimum atomic E-state index is -0.174. The molecule has 2 heterocycles. The van der Waals surface area contributed by atoms with Crippen molar-refractivity contribution in [2.45, 2.75) is 0 Å². The lowest BCUT2D eigenvalue weighted by atomic mass is 10.2. The predicted octanol–water partition coefficient (Wildman–Crippen LogP) is 1.53. The smallest absolute Gasteiger partial charge is 0.277 e. The fraction of sp³-hybridized carbons (Fsp3) is 0. The molecule has 0 fully saturated rings. The van der Waals surface area contributed by atoms with E-state index in [2.05, 4.69) is 13.7 Å². The average molecular weight is 203 g/mol. The van der Waals surface area contributed by atoms with Crippen molar-refractivity contribution in [1.82, 2.24) is 13.7 Å². The quantitative estimate of drug-likeness (QED) is 0.602. The third-order valence-electron chi connectivity index (χ3n) is 2.13. The summed E-state index contributed by atoms with van der Waals surface area (Å²) in [6, 6.07) is 7.58. The summed E-state index contributed by atoms with van der Waals surface area (Å²) in [5.74, 6) is 0. The highest BCUT2D eigenvalue weighted by atomic mass is 32.1. The van der Waals surface area contributed by atoms with E-state index in [1.807, 2.05) is 24.3 Å². The van der Waals surface area contributed by atoms with E-state index in [0.29, 0.717) is 11.0 Å². The van der Waals surface area contributed by atoms with Crippen molar-refractivity contribution in [3.8, 4) is 0 Å². The van der Waals surface area contributed by atoms with Gasteiger partial charge in [0.15, 0.2) is 5.52 Å². The molecule has 0 bridgehead atoms. The van der Waals surface area contributed by atoms with E-state index in [0.717, 1.165) is 22.6 Å². The van der Waals surface area contributed by atoms with Crippen molar-refractivity contribution in [3.05, 3.63) is 34.6 Å². The van der Waals surface area contributed by atoms with Crippen molar-refractivity contribution < 1.29 is 0 Å². The van der Waals surface area contributed by atoms with Gasteiger partial charge in [-0.2, -0.15) is 8.75 Å². The second-order valence-electron chi connectivity index (χ2n) is 2.96. The molecule has 3 rings (SSSR count). The highest BCUT2D eigenvalue weighted by Gasteiger charge is 2.07. The zero-order valence-corrected chi connectivity index (χ0v) is 7.84. The van der Waals surface area contributed by atoms with Gasteiger partial charge in [0, 0.05) is 5.39 Å². The predicted molar refractivity (Wildman–Crippen MR) is 55.5 cm³/mol. The normalized spacial score (nSPS) is 11.1. The monoisotopic (exact) mass is 203 g/mol. The van der Waals surface area contributed by atoms with Crippen LogP contribution in [-0.2, 0) is 0 Å². The summed E-state index contributed by atoms with van der Waals surface area (Å²) in [7, 11) is 0. The van der Waals surface area contributed by atoms with E-state index in [4.69, 9.17) is 0 Å². The van der Waals surface area contributed by atoms with Crippen molar-refractivity contribution in [3.63, 3.8) is 0 Å². The molecule has 0 atom stereocenters. The van der Waals surface area contributed by atoms with E-state index in [-0.39, 0.29) is 5.56 Å². The van der Waals surface area contributed by atoms with Crippen molar-refractivity contribution in [2.75, 3.05) is 0 Å². The summed E-state index contributed by atoms with van der Waals surface area (Å²) in [4.78, 5) is 14.3. The maximum absolute atomic E-state index is 11.5. The number of benzene rings is 1. The molecule has 0 spiro atoms. The molecule has 3 aromatic rings. The Labute approximate surface area is 82.5 Å². The third-order valence-corrected chi connectivity index (χ3v) is 2.66. The van der Waals surface area contributed by atoms with Crippen LogP contribution in [0.4, 0.5) is 0 Å². The van der Waals surface area contributed by atoms with Gasteiger partial charge in [-0.25, -0.2) is 0 Å². The largest absolute Gasteiger partial charge is 0.320 e. The van der Waals surface area contributed by atoms with Gasteiger partial charge in [0.05, 0.1) is 17.2 Å². The SMILES string of the molecule is O=c1[nH]c2ccccc2c2nsnc12. The molecule has 4 nitrogen and oxygen atoms in total. The van der Waals surface area contributed by atoms with Crippen LogP contribution < -0.4 is 5.56 Å². The van der Waals surface area contributed by atoms with Crippen LogP contribution in [0.3, 0.4) is 0 Å². The van der Waals surface area contributed by atoms with Gasteiger partial charge in [0.25, 0.3) is 5.56 Å². The summed E-state index contributed by atoms with van der Waals surface area (Å²) >= 11 is 1.06. The number of pyridine rings is 1. The second-order valence-corrected chi connectivity index (χ2v) is 3.49. The van der Waals surface area contributed by atoms with Crippen LogP contribution in [0.2, 0.25) is 0 Å². The van der Waals surface area contributed by atoms with E-state index in [1.54, 1.807) is 0 Å². The standard InChI is InChI=1S/C9H5N3OS/c13-9-8-7(11-14-12-8)5-3-1-2-4-6(5)10-9/h1-4H,(H,10,13). The third kappa shape index (κ3) is 0.898. The van der Waals surface area contributed by atoms with Crippen LogP contribution in [0.1, 0.15) is 0 Å². The van der Waals surface area contributed by atoms with Crippen LogP contribution in [0.5, 0.6) is 0 Å². The molecule has 0 aliphatic rings. The fourth-order valence-corrected chi connectivity index (χ4v) is 2.05. The Balaban J connectivity index is 2.73. The summed E-state index contributed by atoms with van der Waals surface area (Å²) in [6.07, 6.45) is 0. The highest BCUT2D eigenvalue weighted by Crippen LogP contribution is 2.18. The molecule has 0 saturated carbocycles. The van der Waals surface area contributed by atoms with Crippen molar-refractivity contribution >= 4 is 33.7 Å². The average Bonchev–Trinajstić information content (AvgIpc) is 2.67. The molecule has 14 heavy (non-hydrogen) atoms. The van der Waals surface area contributed by atoms with Crippen LogP contribution in [0.25, 0.3) is 21.9 Å². The van der Waals surface area contributed by atoms with Gasteiger partial charge in [-0.3, -0.25) is 4.79 Å². The second kappa shape index (κ2) is 2.62. The number of hydrogen-bond donors (Lipinski definition) is 1. The minimum absolute atomic E-state index is 0.174. The van der Waals surface area contributed by atoms with Gasteiger partial charge in [0.2, 0.25) is 0 Å². The lowest BCUT2D eigenvalue weighted by molar-refractivity contribution is 1.32. The number of hydrogen-bond acceptors (Lipinski definition) is 4. The van der Waals surface area contributed by atoms with Gasteiger partial charge < -0.3 is 4.98 Å². The molecule has 1 aromatic carbocycles. The Hall–Kier alpha value is -1.75. The molecule has 0 unspecified atom stereocenters. The highest BCUT2D eigenvalue weighted by molar-refractivity contribution is 7.00. The molecule has 68 valence electrons. The molecule has 0 aliphatic carbocycles. The maximum atomic E-state index is 11.5. The summed E-state index contributed by atoms with van der Waals surface area (Å²) in [6.45, 7) is 0. The Morgan fingerprint density at radius 1 is 1.14 bits per heavy atom. The number of para-hydroxylation sites is 1. The first-order valence-corrected chi connectivity index (χ1v) is 4.82. The van der Waals surface area contributed by atoms with E-state index in [9.17, 15) is 4.79 Å². The van der Waals surface area contributed by atoms with Gasteiger partial charge in [-0.05, 0) is 6.07 Å². The fourth-order valence-electron chi connectivity index (χ4n) is 1.49. The van der Waals surface area contributed by atoms with Gasteiger partial charge in [-0.15, -0.1) is 0 Å². The molecule has 0 aliphatic heterocycles. The van der Waals surface area contributed by atoms with E-state index < -0.39 is 0 Å². The molecule has 2 aromatic heterocycles. The molecule has 1 N–H and O–H groups in total. The lowest BCUT2D eigenvalue weighted by Crippen LogP contribution is -2.05. The minimum Gasteiger partial charge on any atom is -0.320 e. The Bertz CT molecular complexity index is 670. The summed E-state index contributed by atoms with van der Waals surface area (Å²) < 4.78 is 8.07. The molecule has 0 amide bonds. The number of rotatable bonds is 0. The van der Waals surface area contributed by atoms with Crippen LogP contribution in [0, 0.1) is 0 Å². The number of fused-ring (bicyclic) bond motifs is 3. The first-order valence-electron chi connectivity index (χ1n) is 4.09. The molecular formula is C9H5N3OS. The van der Waals surface area contributed by atoms with Crippen LogP contribution in [0.15, 0.2) is 29.1 Å². The zero-order chi connectivity index (χ0) is 9.54. The molecule has 0 saturated heterocycles. The summed E-state index contributed by atoms with van der Waals surface area (Å²) in [5, 5.41) is 0.941. The van der Waals surface area contributed by atoms with Crippen LogP contribution >= 0.6 is 11.7 Å². The Morgan fingerprint density at radius 3 is 2.86 bits per heavy atom. The van der Waals surface area contributed by atoms with Gasteiger partial charge in [0.1, 0.15) is 5.52 Å². The van der Waals surface area contributed by atoms with Gasteiger partial charge >= 0.3 is 0 Å². The van der Waals surface area contributed by atoms with Gasteiger partial charge in [-0.1, -0.05) is 18.2 Å².